The monoisotopic (exact) mass is 320 g/mol. The predicted molar refractivity (Wildman–Crippen MR) is 83.5 cm³/mol. The van der Waals surface area contributed by atoms with Gasteiger partial charge in [0.05, 0.1) is 23.5 Å². The third-order valence-corrected chi connectivity index (χ3v) is 3.86. The van der Waals surface area contributed by atoms with E-state index in [1.807, 2.05) is 6.92 Å². The molecule has 0 aliphatic rings. The molecule has 0 aliphatic heterocycles. The second-order valence-corrected chi connectivity index (χ2v) is 5.68. The third-order valence-electron chi connectivity index (χ3n) is 2.80. The van der Waals surface area contributed by atoms with Crippen molar-refractivity contribution in [2.24, 2.45) is 0 Å². The fourth-order valence-electron chi connectivity index (χ4n) is 1.85. The van der Waals surface area contributed by atoms with Gasteiger partial charge in [0.1, 0.15) is 10.6 Å². The lowest BCUT2D eigenvalue weighted by Crippen LogP contribution is -2.21. The average molecular weight is 320 g/mol. The van der Waals surface area contributed by atoms with Gasteiger partial charge >= 0.3 is 5.97 Å². The Balaban J connectivity index is 1.93. The molecule has 0 saturated heterocycles. The normalized spacial score (nSPS) is 10.1. The molecule has 0 radical (unpaired) electrons. The van der Waals surface area contributed by atoms with Crippen LogP contribution in [0.25, 0.3) is 0 Å². The third kappa shape index (κ3) is 3.82. The summed E-state index contributed by atoms with van der Waals surface area (Å²) in [6.45, 7) is 3.17. The molecular formula is C15H16N2O4S. The zero-order valence-electron chi connectivity index (χ0n) is 12.5. The van der Waals surface area contributed by atoms with Gasteiger partial charge in [-0.15, -0.1) is 11.3 Å². The van der Waals surface area contributed by atoms with E-state index in [0.717, 1.165) is 5.01 Å². The van der Waals surface area contributed by atoms with Crippen LogP contribution >= 0.6 is 11.3 Å². The number of thiazole rings is 1. The number of esters is 1. The molecule has 0 unspecified atom stereocenters. The Hall–Kier alpha value is -2.41. The maximum absolute atomic E-state index is 11.9. The average Bonchev–Trinajstić information content (AvgIpc) is 2.84. The number of rotatable bonds is 5. The van der Waals surface area contributed by atoms with Crippen LogP contribution < -0.4 is 10.1 Å². The summed E-state index contributed by atoms with van der Waals surface area (Å²) < 4.78 is 10.1. The van der Waals surface area contributed by atoms with Gasteiger partial charge in [0, 0.05) is 0 Å². The highest BCUT2D eigenvalue weighted by Gasteiger charge is 2.17. The van der Waals surface area contributed by atoms with Gasteiger partial charge < -0.3 is 14.8 Å². The Morgan fingerprint density at radius 2 is 2.00 bits per heavy atom. The smallest absolute Gasteiger partial charge is 0.350 e. The predicted octanol–water partition coefficient (Wildman–Crippen LogP) is 2.56. The molecule has 0 bridgehead atoms. The fourth-order valence-corrected chi connectivity index (χ4v) is 2.67. The molecule has 0 aliphatic carbocycles. The summed E-state index contributed by atoms with van der Waals surface area (Å²) in [5.41, 5.74) is 1.13. The lowest BCUT2D eigenvalue weighted by molar-refractivity contribution is -0.119. The van der Waals surface area contributed by atoms with Crippen LogP contribution in [0.4, 0.5) is 5.69 Å². The molecule has 22 heavy (non-hydrogen) atoms. The van der Waals surface area contributed by atoms with Crippen LogP contribution in [0.3, 0.4) is 0 Å². The van der Waals surface area contributed by atoms with Crippen LogP contribution in [-0.4, -0.2) is 30.6 Å². The fraction of sp³-hybridized carbons (Fsp3) is 0.267. The molecule has 1 aromatic carbocycles. The number of methoxy groups -OCH3 is 1. The summed E-state index contributed by atoms with van der Waals surface area (Å²) in [4.78, 5) is 28.3. The molecule has 1 heterocycles. The van der Waals surface area contributed by atoms with E-state index in [1.54, 1.807) is 31.2 Å². The van der Waals surface area contributed by atoms with E-state index >= 15 is 0 Å². The van der Waals surface area contributed by atoms with Crippen LogP contribution in [-0.2, 0) is 9.53 Å². The number of nitrogens with one attached hydrogen (secondary N) is 1. The van der Waals surface area contributed by atoms with Gasteiger partial charge in [-0.1, -0.05) is 12.1 Å². The first-order valence-corrected chi connectivity index (χ1v) is 7.37. The van der Waals surface area contributed by atoms with E-state index in [-0.39, 0.29) is 6.61 Å². The SMILES string of the molecule is COc1ccccc1NC(=O)COC(=O)c1sc(C)nc1C. The van der Waals surface area contributed by atoms with Gasteiger partial charge in [0.2, 0.25) is 0 Å². The molecule has 1 amide bonds. The first-order chi connectivity index (χ1) is 10.5. The Kier molecular flexibility index (Phi) is 5.11. The van der Waals surface area contributed by atoms with E-state index < -0.39 is 11.9 Å². The number of carbonyl (C=O) groups is 2. The quantitative estimate of drug-likeness (QED) is 0.857. The van der Waals surface area contributed by atoms with Gasteiger partial charge in [-0.05, 0) is 26.0 Å². The largest absolute Gasteiger partial charge is 0.495 e. The van der Waals surface area contributed by atoms with Crippen molar-refractivity contribution in [1.82, 2.24) is 4.98 Å². The number of para-hydroxylation sites is 2. The Bertz CT molecular complexity index is 697. The van der Waals surface area contributed by atoms with E-state index in [4.69, 9.17) is 9.47 Å². The van der Waals surface area contributed by atoms with E-state index in [1.165, 1.54) is 18.4 Å². The summed E-state index contributed by atoms with van der Waals surface area (Å²) in [5, 5.41) is 3.42. The minimum Gasteiger partial charge on any atom is -0.495 e. The maximum Gasteiger partial charge on any atom is 0.350 e. The van der Waals surface area contributed by atoms with Crippen LogP contribution in [0, 0.1) is 13.8 Å². The van der Waals surface area contributed by atoms with Gasteiger partial charge in [-0.25, -0.2) is 9.78 Å². The summed E-state index contributed by atoms with van der Waals surface area (Å²) in [5.74, 6) is -0.439. The summed E-state index contributed by atoms with van der Waals surface area (Å²) >= 11 is 1.25. The zero-order valence-corrected chi connectivity index (χ0v) is 13.3. The number of aromatic nitrogens is 1. The highest BCUT2D eigenvalue weighted by molar-refractivity contribution is 7.13. The highest BCUT2D eigenvalue weighted by Crippen LogP contribution is 2.23. The second kappa shape index (κ2) is 7.04. The van der Waals surface area contributed by atoms with Gasteiger partial charge in [0.25, 0.3) is 5.91 Å². The second-order valence-electron chi connectivity index (χ2n) is 4.47. The van der Waals surface area contributed by atoms with Gasteiger partial charge in [-0.3, -0.25) is 4.79 Å². The minimum atomic E-state index is -0.543. The van der Waals surface area contributed by atoms with Crippen molar-refractivity contribution in [2.75, 3.05) is 19.0 Å². The molecule has 1 N–H and O–H groups in total. The Morgan fingerprint density at radius 3 is 2.64 bits per heavy atom. The Morgan fingerprint density at radius 1 is 1.27 bits per heavy atom. The lowest BCUT2D eigenvalue weighted by Gasteiger charge is -2.09. The molecule has 0 fully saturated rings. The van der Waals surface area contributed by atoms with Crippen molar-refractivity contribution < 1.29 is 19.1 Å². The highest BCUT2D eigenvalue weighted by atomic mass is 32.1. The van der Waals surface area contributed by atoms with Crippen molar-refractivity contribution in [3.63, 3.8) is 0 Å². The summed E-state index contributed by atoms with van der Waals surface area (Å²) in [6, 6.07) is 7.00. The first kappa shape index (κ1) is 16.0. The van der Waals surface area contributed by atoms with Crippen LogP contribution in [0.1, 0.15) is 20.4 Å². The molecule has 0 spiro atoms. The van der Waals surface area contributed by atoms with E-state index in [9.17, 15) is 9.59 Å². The van der Waals surface area contributed by atoms with Gasteiger partial charge in [0.15, 0.2) is 6.61 Å². The van der Waals surface area contributed by atoms with Crippen molar-refractivity contribution in [2.45, 2.75) is 13.8 Å². The topological polar surface area (TPSA) is 77.5 Å². The molecule has 6 nitrogen and oxygen atoms in total. The van der Waals surface area contributed by atoms with Gasteiger partial charge in [-0.2, -0.15) is 0 Å². The number of ether oxygens (including phenoxy) is 2. The molecule has 0 atom stereocenters. The number of amides is 1. The van der Waals surface area contributed by atoms with Crippen LogP contribution in [0.15, 0.2) is 24.3 Å². The number of hydrogen-bond acceptors (Lipinski definition) is 6. The molecular weight excluding hydrogens is 304 g/mol. The first-order valence-electron chi connectivity index (χ1n) is 6.55. The molecule has 2 rings (SSSR count). The maximum atomic E-state index is 11.9. The Labute approximate surface area is 132 Å². The van der Waals surface area contributed by atoms with Crippen molar-refractivity contribution in [3.8, 4) is 5.75 Å². The van der Waals surface area contributed by atoms with Crippen LogP contribution in [0.5, 0.6) is 5.75 Å². The van der Waals surface area contributed by atoms with Crippen molar-refractivity contribution >= 4 is 28.9 Å². The number of benzene rings is 1. The summed E-state index contributed by atoms with van der Waals surface area (Å²) in [7, 11) is 1.51. The summed E-state index contributed by atoms with van der Waals surface area (Å²) in [6.07, 6.45) is 0. The molecule has 7 heteroatoms. The zero-order chi connectivity index (χ0) is 16.1. The molecule has 2 aromatic rings. The number of anilines is 1. The molecule has 1 aromatic heterocycles. The molecule has 0 saturated carbocycles. The minimum absolute atomic E-state index is 0.368. The van der Waals surface area contributed by atoms with Crippen molar-refractivity contribution in [1.29, 1.82) is 0 Å². The lowest BCUT2D eigenvalue weighted by atomic mass is 10.3. The van der Waals surface area contributed by atoms with E-state index in [0.29, 0.717) is 22.0 Å². The van der Waals surface area contributed by atoms with Crippen molar-refractivity contribution in [3.05, 3.63) is 39.8 Å². The standard InChI is InChI=1S/C15H16N2O4S/c1-9-14(22-10(2)16-9)15(19)21-8-13(18)17-11-6-4-5-7-12(11)20-3/h4-7H,8H2,1-3H3,(H,17,18). The number of nitrogens with zero attached hydrogens (tertiary/aromatic N) is 1. The number of hydrogen-bond donors (Lipinski definition) is 1. The number of carbonyl (C=O) groups excluding carboxylic acids is 2. The van der Waals surface area contributed by atoms with E-state index in [2.05, 4.69) is 10.3 Å². The number of aryl methyl sites for hydroxylation is 2. The van der Waals surface area contributed by atoms with Crippen LogP contribution in [0.2, 0.25) is 0 Å². The molecule has 116 valence electrons.